The second-order valence-electron chi connectivity index (χ2n) is 6.73. The van der Waals surface area contributed by atoms with Crippen molar-refractivity contribution in [1.29, 1.82) is 0 Å². The predicted molar refractivity (Wildman–Crippen MR) is 92.4 cm³/mol. The quantitative estimate of drug-likeness (QED) is 0.417. The zero-order valence-corrected chi connectivity index (χ0v) is 14.5. The third-order valence-electron chi connectivity index (χ3n) is 4.95. The van der Waals surface area contributed by atoms with Gasteiger partial charge in [0.05, 0.1) is 6.61 Å². The van der Waals surface area contributed by atoms with E-state index in [4.69, 9.17) is 9.47 Å². The number of benzene rings is 1. The first-order chi connectivity index (χ1) is 10.7. The Bertz CT molecular complexity index is 406. The van der Waals surface area contributed by atoms with Crippen LogP contribution in [0.25, 0.3) is 0 Å². The molecule has 0 bridgehead atoms. The van der Waals surface area contributed by atoms with Gasteiger partial charge in [0, 0.05) is 0 Å². The molecule has 1 aliphatic rings. The minimum atomic E-state index is -0.168. The Balaban J connectivity index is 1.64. The Kier molecular flexibility index (Phi) is 7.24. The van der Waals surface area contributed by atoms with Gasteiger partial charge in [0.15, 0.2) is 6.29 Å². The molecule has 1 saturated carbocycles. The molecule has 22 heavy (non-hydrogen) atoms. The van der Waals surface area contributed by atoms with Crippen molar-refractivity contribution < 1.29 is 9.47 Å². The van der Waals surface area contributed by atoms with Gasteiger partial charge in [-0.05, 0) is 55.7 Å². The first kappa shape index (κ1) is 17.3. The molecule has 0 N–H and O–H groups in total. The lowest BCUT2D eigenvalue weighted by atomic mass is 9.99. The van der Waals surface area contributed by atoms with Gasteiger partial charge < -0.3 is 9.47 Å². The van der Waals surface area contributed by atoms with Crippen LogP contribution in [0.2, 0.25) is 0 Å². The zero-order chi connectivity index (χ0) is 15.8. The fourth-order valence-electron chi connectivity index (χ4n) is 3.26. The highest BCUT2D eigenvalue weighted by molar-refractivity contribution is 5.29. The van der Waals surface area contributed by atoms with Crippen molar-refractivity contribution in [2.45, 2.75) is 77.9 Å². The maximum Gasteiger partial charge on any atom is 0.196 e. The standard InChI is InChI=1S/C20H32O2/c1-4-16(2)19-11-13-20(14-12-19)22-17(3)21-15-7-10-18-8-5-6-9-18/h11-14,16-18H,4-10,15H2,1-3H3. The molecule has 0 amide bonds. The highest BCUT2D eigenvalue weighted by atomic mass is 16.7. The molecule has 1 aromatic rings. The van der Waals surface area contributed by atoms with Crippen molar-refractivity contribution in [3.63, 3.8) is 0 Å². The minimum Gasteiger partial charge on any atom is -0.465 e. The Morgan fingerprint density at radius 2 is 1.77 bits per heavy atom. The van der Waals surface area contributed by atoms with Crippen molar-refractivity contribution in [3.8, 4) is 5.75 Å². The van der Waals surface area contributed by atoms with E-state index in [-0.39, 0.29) is 6.29 Å². The Morgan fingerprint density at radius 1 is 1.09 bits per heavy atom. The van der Waals surface area contributed by atoms with Crippen LogP contribution < -0.4 is 4.74 Å². The zero-order valence-electron chi connectivity index (χ0n) is 14.5. The van der Waals surface area contributed by atoms with Crippen molar-refractivity contribution in [2.24, 2.45) is 5.92 Å². The van der Waals surface area contributed by atoms with Gasteiger partial charge in [-0.25, -0.2) is 0 Å². The summed E-state index contributed by atoms with van der Waals surface area (Å²) in [6.07, 6.45) is 9.18. The molecule has 0 heterocycles. The van der Waals surface area contributed by atoms with Gasteiger partial charge in [-0.15, -0.1) is 0 Å². The van der Waals surface area contributed by atoms with Crippen LogP contribution in [0.5, 0.6) is 5.75 Å². The van der Waals surface area contributed by atoms with Crippen LogP contribution in [0.4, 0.5) is 0 Å². The van der Waals surface area contributed by atoms with E-state index in [0.717, 1.165) is 24.7 Å². The topological polar surface area (TPSA) is 18.5 Å². The van der Waals surface area contributed by atoms with Gasteiger partial charge in [-0.1, -0.05) is 51.7 Å². The number of rotatable bonds is 9. The number of hydrogen-bond acceptors (Lipinski definition) is 2. The summed E-state index contributed by atoms with van der Waals surface area (Å²) in [5, 5.41) is 0. The summed E-state index contributed by atoms with van der Waals surface area (Å²) < 4.78 is 11.6. The molecular formula is C20H32O2. The van der Waals surface area contributed by atoms with E-state index in [9.17, 15) is 0 Å². The number of ether oxygens (including phenoxy) is 2. The fraction of sp³-hybridized carbons (Fsp3) is 0.700. The largest absolute Gasteiger partial charge is 0.465 e. The van der Waals surface area contributed by atoms with Crippen molar-refractivity contribution in [3.05, 3.63) is 29.8 Å². The van der Waals surface area contributed by atoms with Gasteiger partial charge >= 0.3 is 0 Å². The molecule has 1 fully saturated rings. The van der Waals surface area contributed by atoms with E-state index in [1.165, 1.54) is 44.1 Å². The van der Waals surface area contributed by atoms with Crippen LogP contribution in [0, 0.1) is 5.92 Å². The van der Waals surface area contributed by atoms with E-state index in [0.29, 0.717) is 5.92 Å². The Hall–Kier alpha value is -1.02. The summed E-state index contributed by atoms with van der Waals surface area (Å²) in [5.74, 6) is 2.46. The van der Waals surface area contributed by atoms with E-state index < -0.39 is 0 Å². The molecule has 124 valence electrons. The van der Waals surface area contributed by atoms with Gasteiger partial charge in [0.1, 0.15) is 5.75 Å². The summed E-state index contributed by atoms with van der Waals surface area (Å²) in [4.78, 5) is 0. The fourth-order valence-corrected chi connectivity index (χ4v) is 3.26. The lowest BCUT2D eigenvalue weighted by molar-refractivity contribution is -0.0682. The van der Waals surface area contributed by atoms with E-state index in [2.05, 4.69) is 38.1 Å². The summed E-state index contributed by atoms with van der Waals surface area (Å²) >= 11 is 0. The molecule has 0 aromatic heterocycles. The molecule has 2 atom stereocenters. The van der Waals surface area contributed by atoms with E-state index >= 15 is 0 Å². The lowest BCUT2D eigenvalue weighted by Gasteiger charge is -2.17. The second-order valence-corrected chi connectivity index (χ2v) is 6.73. The second kappa shape index (κ2) is 9.19. The summed E-state index contributed by atoms with van der Waals surface area (Å²) in [5.41, 5.74) is 1.37. The normalized spacial score (nSPS) is 18.3. The lowest BCUT2D eigenvalue weighted by Crippen LogP contribution is -2.17. The van der Waals surface area contributed by atoms with Crippen molar-refractivity contribution >= 4 is 0 Å². The van der Waals surface area contributed by atoms with E-state index in [1.54, 1.807) is 0 Å². The third kappa shape index (κ3) is 5.64. The van der Waals surface area contributed by atoms with Crippen molar-refractivity contribution in [1.82, 2.24) is 0 Å². The molecule has 2 nitrogen and oxygen atoms in total. The first-order valence-corrected chi connectivity index (χ1v) is 9.07. The highest BCUT2D eigenvalue weighted by Crippen LogP contribution is 2.28. The van der Waals surface area contributed by atoms with Crippen LogP contribution >= 0.6 is 0 Å². The maximum atomic E-state index is 5.83. The van der Waals surface area contributed by atoms with Gasteiger partial charge in [-0.2, -0.15) is 0 Å². The SMILES string of the molecule is CCC(C)c1ccc(OC(C)OCCCC2CCCC2)cc1. The molecule has 0 aliphatic heterocycles. The van der Waals surface area contributed by atoms with Gasteiger partial charge in [0.2, 0.25) is 0 Å². The van der Waals surface area contributed by atoms with Crippen LogP contribution in [0.3, 0.4) is 0 Å². The highest BCUT2D eigenvalue weighted by Gasteiger charge is 2.14. The average Bonchev–Trinajstić information content (AvgIpc) is 3.05. The average molecular weight is 304 g/mol. The molecule has 0 saturated heterocycles. The van der Waals surface area contributed by atoms with Crippen molar-refractivity contribution in [2.75, 3.05) is 6.61 Å². The summed E-state index contributed by atoms with van der Waals surface area (Å²) in [6, 6.07) is 8.44. The Morgan fingerprint density at radius 3 is 2.41 bits per heavy atom. The molecule has 2 rings (SSSR count). The van der Waals surface area contributed by atoms with Crippen LogP contribution in [0.15, 0.2) is 24.3 Å². The first-order valence-electron chi connectivity index (χ1n) is 9.07. The van der Waals surface area contributed by atoms with Crippen LogP contribution in [0.1, 0.15) is 77.2 Å². The smallest absolute Gasteiger partial charge is 0.196 e. The molecule has 2 heteroatoms. The number of hydrogen-bond donors (Lipinski definition) is 0. The molecule has 1 aliphatic carbocycles. The minimum absolute atomic E-state index is 0.168. The predicted octanol–water partition coefficient (Wildman–Crippen LogP) is 5.91. The van der Waals surface area contributed by atoms with E-state index in [1.807, 2.05) is 6.92 Å². The Labute approximate surface area is 136 Å². The molecule has 1 aromatic carbocycles. The maximum absolute atomic E-state index is 5.83. The summed E-state index contributed by atoms with van der Waals surface area (Å²) in [7, 11) is 0. The van der Waals surface area contributed by atoms with Gasteiger partial charge in [-0.3, -0.25) is 0 Å². The molecule has 2 unspecified atom stereocenters. The molecule has 0 spiro atoms. The van der Waals surface area contributed by atoms with Gasteiger partial charge in [0.25, 0.3) is 0 Å². The molecular weight excluding hydrogens is 272 g/mol. The summed E-state index contributed by atoms with van der Waals surface area (Å²) in [6.45, 7) is 7.27. The van der Waals surface area contributed by atoms with Crippen LogP contribution in [-0.2, 0) is 4.74 Å². The monoisotopic (exact) mass is 304 g/mol. The third-order valence-corrected chi connectivity index (χ3v) is 4.95. The van der Waals surface area contributed by atoms with Crippen LogP contribution in [-0.4, -0.2) is 12.9 Å². The molecule has 0 radical (unpaired) electrons.